The average molecular weight is 266 g/mol. The van der Waals surface area contributed by atoms with Crippen LogP contribution in [-0.2, 0) is 0 Å². The summed E-state index contributed by atoms with van der Waals surface area (Å²) in [5, 5.41) is 3.51. The molecule has 1 N–H and O–H groups in total. The molecular weight excluding hydrogens is 232 g/mol. The number of piperidine rings is 1. The molecule has 2 rings (SSSR count). The zero-order valence-electron chi connectivity index (χ0n) is 13.5. The van der Waals surface area contributed by atoms with Crippen LogP contribution in [0.25, 0.3) is 0 Å². The zero-order valence-corrected chi connectivity index (χ0v) is 13.5. The van der Waals surface area contributed by atoms with Crippen molar-refractivity contribution in [3.63, 3.8) is 0 Å². The van der Waals surface area contributed by atoms with E-state index in [-0.39, 0.29) is 0 Å². The number of nitrogens with one attached hydrogen (secondary N) is 1. The Kier molecular flexibility index (Phi) is 5.30. The fraction of sp³-hybridized carbons (Fsp3) is 1.00. The maximum Gasteiger partial charge on any atom is 0.0174 e. The maximum atomic E-state index is 3.51. The lowest BCUT2D eigenvalue weighted by Gasteiger charge is -2.42. The number of rotatable bonds is 3. The molecule has 2 heteroatoms. The standard InChI is InChI=1S/C17H34N2/c1-14(2)15-6-5-7-16(9-8-15)19-12-10-17(3,18-4)11-13-19/h14-16,18H,5-13H2,1-4H3. The van der Waals surface area contributed by atoms with Crippen LogP contribution in [-0.4, -0.2) is 36.6 Å². The van der Waals surface area contributed by atoms with E-state index in [1.165, 1.54) is 58.0 Å². The van der Waals surface area contributed by atoms with Crippen molar-refractivity contribution in [2.45, 2.75) is 77.3 Å². The summed E-state index contributed by atoms with van der Waals surface area (Å²) in [5.74, 6) is 1.87. The number of hydrogen-bond acceptors (Lipinski definition) is 2. The predicted molar refractivity (Wildman–Crippen MR) is 83.5 cm³/mol. The fourth-order valence-electron chi connectivity index (χ4n) is 3.98. The molecule has 0 aromatic carbocycles. The molecule has 1 saturated heterocycles. The molecule has 0 amide bonds. The molecule has 2 aliphatic rings. The second kappa shape index (κ2) is 6.58. The normalized spacial score (nSPS) is 33.3. The van der Waals surface area contributed by atoms with Gasteiger partial charge in [0.1, 0.15) is 0 Å². The van der Waals surface area contributed by atoms with Crippen LogP contribution in [0.1, 0.15) is 65.7 Å². The minimum Gasteiger partial charge on any atom is -0.314 e. The number of nitrogens with zero attached hydrogens (tertiary/aromatic N) is 1. The highest BCUT2D eigenvalue weighted by Crippen LogP contribution is 2.32. The van der Waals surface area contributed by atoms with Crippen molar-refractivity contribution in [3.8, 4) is 0 Å². The second-order valence-electron chi connectivity index (χ2n) is 7.51. The lowest BCUT2D eigenvalue weighted by Crippen LogP contribution is -2.52. The van der Waals surface area contributed by atoms with Gasteiger partial charge in [0.15, 0.2) is 0 Å². The Balaban J connectivity index is 1.83. The highest BCUT2D eigenvalue weighted by molar-refractivity contribution is 4.91. The molecule has 1 heterocycles. The molecule has 2 fully saturated rings. The summed E-state index contributed by atoms with van der Waals surface area (Å²) in [5.41, 5.74) is 0.391. The zero-order chi connectivity index (χ0) is 13.9. The highest BCUT2D eigenvalue weighted by Gasteiger charge is 2.32. The smallest absolute Gasteiger partial charge is 0.0174 e. The van der Waals surface area contributed by atoms with E-state index in [0.717, 1.165) is 17.9 Å². The quantitative estimate of drug-likeness (QED) is 0.784. The van der Waals surface area contributed by atoms with Crippen molar-refractivity contribution in [2.75, 3.05) is 20.1 Å². The van der Waals surface area contributed by atoms with Gasteiger partial charge >= 0.3 is 0 Å². The van der Waals surface area contributed by atoms with E-state index in [1.54, 1.807) is 0 Å². The van der Waals surface area contributed by atoms with Crippen LogP contribution < -0.4 is 5.32 Å². The molecule has 0 spiro atoms. The SMILES string of the molecule is CNC1(C)CCN(C2CCCC(C(C)C)CC2)CC1. The Bertz CT molecular complexity index is 266. The molecule has 112 valence electrons. The Hall–Kier alpha value is -0.0800. The summed E-state index contributed by atoms with van der Waals surface area (Å²) < 4.78 is 0. The van der Waals surface area contributed by atoms with Gasteiger partial charge in [-0.2, -0.15) is 0 Å². The van der Waals surface area contributed by atoms with E-state index in [9.17, 15) is 0 Å². The summed E-state index contributed by atoms with van der Waals surface area (Å²) >= 11 is 0. The van der Waals surface area contributed by atoms with Crippen LogP contribution in [0.3, 0.4) is 0 Å². The molecule has 0 radical (unpaired) electrons. The van der Waals surface area contributed by atoms with Gasteiger partial charge in [0.2, 0.25) is 0 Å². The van der Waals surface area contributed by atoms with Crippen molar-refractivity contribution in [3.05, 3.63) is 0 Å². The number of likely N-dealkylation sites (tertiary alicyclic amines) is 1. The highest BCUT2D eigenvalue weighted by atomic mass is 15.2. The third-order valence-corrected chi connectivity index (χ3v) is 5.95. The van der Waals surface area contributed by atoms with Gasteiger partial charge in [0, 0.05) is 24.7 Å². The molecule has 1 aliphatic carbocycles. The monoisotopic (exact) mass is 266 g/mol. The maximum absolute atomic E-state index is 3.51. The van der Waals surface area contributed by atoms with Gasteiger partial charge in [-0.25, -0.2) is 0 Å². The van der Waals surface area contributed by atoms with Gasteiger partial charge in [-0.1, -0.05) is 26.7 Å². The van der Waals surface area contributed by atoms with Crippen molar-refractivity contribution in [1.29, 1.82) is 0 Å². The van der Waals surface area contributed by atoms with Gasteiger partial charge in [-0.15, -0.1) is 0 Å². The van der Waals surface area contributed by atoms with E-state index in [1.807, 2.05) is 0 Å². The van der Waals surface area contributed by atoms with Crippen molar-refractivity contribution in [1.82, 2.24) is 10.2 Å². The van der Waals surface area contributed by atoms with Gasteiger partial charge in [0.25, 0.3) is 0 Å². The van der Waals surface area contributed by atoms with E-state index < -0.39 is 0 Å². The van der Waals surface area contributed by atoms with Crippen LogP contribution in [0.2, 0.25) is 0 Å². The first-order valence-corrected chi connectivity index (χ1v) is 8.47. The molecule has 1 aliphatic heterocycles. The third-order valence-electron chi connectivity index (χ3n) is 5.95. The second-order valence-corrected chi connectivity index (χ2v) is 7.51. The Morgan fingerprint density at radius 1 is 1.05 bits per heavy atom. The van der Waals surface area contributed by atoms with Gasteiger partial charge in [-0.3, -0.25) is 0 Å². The van der Waals surface area contributed by atoms with Crippen LogP contribution in [0.4, 0.5) is 0 Å². The molecule has 2 atom stereocenters. The average Bonchev–Trinajstić information content (AvgIpc) is 2.65. The Morgan fingerprint density at radius 3 is 2.32 bits per heavy atom. The van der Waals surface area contributed by atoms with Crippen molar-refractivity contribution >= 4 is 0 Å². The molecule has 1 saturated carbocycles. The summed E-state index contributed by atoms with van der Waals surface area (Å²) in [4.78, 5) is 2.79. The predicted octanol–water partition coefficient (Wildman–Crippen LogP) is 3.67. The summed E-state index contributed by atoms with van der Waals surface area (Å²) in [6.07, 6.45) is 9.89. The number of hydrogen-bond donors (Lipinski definition) is 1. The summed E-state index contributed by atoms with van der Waals surface area (Å²) in [6.45, 7) is 9.80. The fourth-order valence-corrected chi connectivity index (χ4v) is 3.98. The van der Waals surface area contributed by atoms with Crippen LogP contribution in [0, 0.1) is 11.8 Å². The summed E-state index contributed by atoms with van der Waals surface area (Å²) in [7, 11) is 2.12. The lowest BCUT2D eigenvalue weighted by molar-refractivity contribution is 0.101. The first-order chi connectivity index (χ1) is 9.04. The van der Waals surface area contributed by atoms with Crippen molar-refractivity contribution in [2.24, 2.45) is 11.8 Å². The Labute approximate surface area is 120 Å². The molecule has 2 unspecified atom stereocenters. The lowest BCUT2D eigenvalue weighted by atomic mass is 9.87. The topological polar surface area (TPSA) is 15.3 Å². The van der Waals surface area contributed by atoms with E-state index in [0.29, 0.717) is 5.54 Å². The first kappa shape index (κ1) is 15.3. The van der Waals surface area contributed by atoms with Gasteiger partial charge in [-0.05, 0) is 57.9 Å². The van der Waals surface area contributed by atoms with E-state index >= 15 is 0 Å². The van der Waals surface area contributed by atoms with E-state index in [2.05, 4.69) is 38.0 Å². The first-order valence-electron chi connectivity index (χ1n) is 8.47. The molecule has 0 aromatic heterocycles. The molecule has 0 bridgehead atoms. The minimum absolute atomic E-state index is 0.391. The van der Waals surface area contributed by atoms with Crippen LogP contribution >= 0.6 is 0 Å². The van der Waals surface area contributed by atoms with Gasteiger partial charge < -0.3 is 10.2 Å². The Morgan fingerprint density at radius 2 is 1.74 bits per heavy atom. The molecule has 2 nitrogen and oxygen atoms in total. The molecule has 0 aromatic rings. The van der Waals surface area contributed by atoms with Crippen molar-refractivity contribution < 1.29 is 0 Å². The summed E-state index contributed by atoms with van der Waals surface area (Å²) in [6, 6.07) is 0.880. The molecule has 19 heavy (non-hydrogen) atoms. The molecular formula is C17H34N2. The minimum atomic E-state index is 0.391. The van der Waals surface area contributed by atoms with Crippen LogP contribution in [0.15, 0.2) is 0 Å². The third kappa shape index (κ3) is 3.95. The van der Waals surface area contributed by atoms with Gasteiger partial charge in [0.05, 0.1) is 0 Å². The van der Waals surface area contributed by atoms with E-state index in [4.69, 9.17) is 0 Å². The van der Waals surface area contributed by atoms with Crippen LogP contribution in [0.5, 0.6) is 0 Å². The largest absolute Gasteiger partial charge is 0.314 e.